The van der Waals surface area contributed by atoms with Crippen molar-refractivity contribution in [2.75, 3.05) is 12.3 Å². The number of ketones is 1. The van der Waals surface area contributed by atoms with Crippen molar-refractivity contribution in [2.45, 2.75) is 20.3 Å². The number of Topliss-reactive ketones (excluding diaryl/α,β-unsaturated/α-hetero) is 1. The smallest absolute Gasteiger partial charge is 0.164 e. The second-order valence-electron chi connectivity index (χ2n) is 3.49. The third-order valence-electron chi connectivity index (χ3n) is 2.29. The van der Waals surface area contributed by atoms with Crippen molar-refractivity contribution >= 4 is 11.5 Å². The van der Waals surface area contributed by atoms with Crippen LogP contribution in [0.3, 0.4) is 0 Å². The Morgan fingerprint density at radius 2 is 1.79 bits per heavy atom. The number of anilines is 1. The molecule has 3 heteroatoms. The highest BCUT2D eigenvalue weighted by atomic mass is 16.1. The van der Waals surface area contributed by atoms with Crippen molar-refractivity contribution in [1.29, 1.82) is 0 Å². The largest absolute Gasteiger partial charge is 0.398 e. The van der Waals surface area contributed by atoms with Crippen LogP contribution in [-0.4, -0.2) is 12.3 Å². The SMILES string of the molecule is Cc1cc(C(=O)CCN)cc(C)c1N. The van der Waals surface area contributed by atoms with Crippen LogP contribution in [0, 0.1) is 13.8 Å². The maximum absolute atomic E-state index is 11.5. The fraction of sp³-hybridized carbons (Fsp3) is 0.364. The molecular formula is C11H16N2O. The van der Waals surface area contributed by atoms with Crippen molar-refractivity contribution < 1.29 is 4.79 Å². The molecule has 1 aromatic carbocycles. The minimum Gasteiger partial charge on any atom is -0.398 e. The molecule has 1 aromatic rings. The minimum absolute atomic E-state index is 0.0821. The van der Waals surface area contributed by atoms with Crippen LogP contribution in [-0.2, 0) is 0 Å². The number of rotatable bonds is 3. The van der Waals surface area contributed by atoms with Crippen molar-refractivity contribution in [2.24, 2.45) is 5.73 Å². The highest BCUT2D eigenvalue weighted by molar-refractivity contribution is 5.97. The molecular weight excluding hydrogens is 176 g/mol. The van der Waals surface area contributed by atoms with Gasteiger partial charge in [0.1, 0.15) is 0 Å². The van der Waals surface area contributed by atoms with Crippen molar-refractivity contribution in [3.63, 3.8) is 0 Å². The Labute approximate surface area is 84.1 Å². The second-order valence-corrected chi connectivity index (χ2v) is 3.49. The summed E-state index contributed by atoms with van der Waals surface area (Å²) in [6.07, 6.45) is 0.392. The lowest BCUT2D eigenvalue weighted by molar-refractivity contribution is 0.0985. The summed E-state index contributed by atoms with van der Waals surface area (Å²) < 4.78 is 0. The van der Waals surface area contributed by atoms with Crippen LogP contribution in [0.1, 0.15) is 27.9 Å². The van der Waals surface area contributed by atoms with E-state index in [0.717, 1.165) is 16.8 Å². The van der Waals surface area contributed by atoms with E-state index in [-0.39, 0.29) is 5.78 Å². The van der Waals surface area contributed by atoms with Gasteiger partial charge in [0.05, 0.1) is 0 Å². The van der Waals surface area contributed by atoms with Gasteiger partial charge in [-0.25, -0.2) is 0 Å². The monoisotopic (exact) mass is 192 g/mol. The van der Waals surface area contributed by atoms with Crippen molar-refractivity contribution in [3.8, 4) is 0 Å². The molecule has 4 N–H and O–H groups in total. The maximum atomic E-state index is 11.5. The summed E-state index contributed by atoms with van der Waals surface area (Å²) in [6, 6.07) is 3.64. The zero-order valence-electron chi connectivity index (χ0n) is 8.63. The molecule has 0 aromatic heterocycles. The maximum Gasteiger partial charge on any atom is 0.164 e. The van der Waals surface area contributed by atoms with E-state index < -0.39 is 0 Å². The van der Waals surface area contributed by atoms with Crippen LogP contribution >= 0.6 is 0 Å². The van der Waals surface area contributed by atoms with Gasteiger partial charge in [0.2, 0.25) is 0 Å². The molecule has 0 saturated carbocycles. The normalized spacial score (nSPS) is 10.2. The quantitative estimate of drug-likeness (QED) is 0.562. The molecule has 0 saturated heterocycles. The van der Waals surface area contributed by atoms with E-state index in [2.05, 4.69) is 0 Å². The number of benzene rings is 1. The number of aryl methyl sites for hydroxylation is 2. The zero-order valence-corrected chi connectivity index (χ0v) is 8.63. The number of carbonyl (C=O) groups excluding carboxylic acids is 1. The van der Waals surface area contributed by atoms with E-state index in [4.69, 9.17) is 11.5 Å². The molecule has 0 aliphatic heterocycles. The minimum atomic E-state index is 0.0821. The first-order valence-electron chi connectivity index (χ1n) is 4.66. The topological polar surface area (TPSA) is 69.1 Å². The number of nitrogens with two attached hydrogens (primary N) is 2. The van der Waals surface area contributed by atoms with Crippen molar-refractivity contribution in [3.05, 3.63) is 28.8 Å². The van der Waals surface area contributed by atoms with E-state index in [1.165, 1.54) is 0 Å². The van der Waals surface area contributed by atoms with Gasteiger partial charge in [-0.2, -0.15) is 0 Å². The summed E-state index contributed by atoms with van der Waals surface area (Å²) in [4.78, 5) is 11.5. The molecule has 0 aliphatic carbocycles. The molecule has 1 rings (SSSR count). The average molecular weight is 192 g/mol. The van der Waals surface area contributed by atoms with Gasteiger partial charge in [-0.15, -0.1) is 0 Å². The Balaban J connectivity index is 3.06. The van der Waals surface area contributed by atoms with Gasteiger partial charge in [-0.05, 0) is 43.7 Å². The Morgan fingerprint density at radius 1 is 1.29 bits per heavy atom. The Hall–Kier alpha value is -1.35. The Bertz CT molecular complexity index is 335. The van der Waals surface area contributed by atoms with Crippen LogP contribution in [0.15, 0.2) is 12.1 Å². The lowest BCUT2D eigenvalue weighted by atomic mass is 10.0. The molecule has 0 fully saturated rings. The molecule has 0 radical (unpaired) electrons. The number of hydrogen-bond donors (Lipinski definition) is 2. The Kier molecular flexibility index (Phi) is 3.25. The summed E-state index contributed by atoms with van der Waals surface area (Å²) in [6.45, 7) is 4.20. The molecule has 14 heavy (non-hydrogen) atoms. The van der Waals surface area contributed by atoms with Crippen LogP contribution in [0.5, 0.6) is 0 Å². The zero-order chi connectivity index (χ0) is 10.7. The van der Waals surface area contributed by atoms with Gasteiger partial charge < -0.3 is 11.5 Å². The first-order chi connectivity index (χ1) is 6.56. The van der Waals surface area contributed by atoms with Gasteiger partial charge in [-0.3, -0.25) is 4.79 Å². The van der Waals surface area contributed by atoms with Crippen LogP contribution < -0.4 is 11.5 Å². The van der Waals surface area contributed by atoms with Crippen LogP contribution in [0.4, 0.5) is 5.69 Å². The molecule has 0 aliphatic rings. The summed E-state index contributed by atoms with van der Waals surface area (Å²) in [5, 5.41) is 0. The lowest BCUT2D eigenvalue weighted by Gasteiger charge is -2.07. The number of hydrogen-bond acceptors (Lipinski definition) is 3. The first-order valence-corrected chi connectivity index (χ1v) is 4.66. The van der Waals surface area contributed by atoms with Gasteiger partial charge in [0.15, 0.2) is 5.78 Å². The highest BCUT2D eigenvalue weighted by Crippen LogP contribution is 2.19. The summed E-state index contributed by atoms with van der Waals surface area (Å²) in [7, 11) is 0. The Morgan fingerprint density at radius 3 is 2.21 bits per heavy atom. The third kappa shape index (κ3) is 2.12. The van der Waals surface area contributed by atoms with Crippen molar-refractivity contribution in [1.82, 2.24) is 0 Å². The highest BCUT2D eigenvalue weighted by Gasteiger charge is 2.08. The van der Waals surface area contributed by atoms with Gasteiger partial charge in [0, 0.05) is 17.7 Å². The van der Waals surface area contributed by atoms with E-state index in [1.807, 2.05) is 26.0 Å². The molecule has 3 nitrogen and oxygen atoms in total. The fourth-order valence-electron chi connectivity index (χ4n) is 1.41. The standard InChI is InChI=1S/C11H16N2O/c1-7-5-9(10(14)3-4-12)6-8(2)11(7)13/h5-6H,3-4,12-13H2,1-2H3. The molecule has 0 unspecified atom stereocenters. The van der Waals surface area contributed by atoms with E-state index in [0.29, 0.717) is 18.5 Å². The van der Waals surface area contributed by atoms with E-state index in [1.54, 1.807) is 0 Å². The number of carbonyl (C=O) groups is 1. The van der Waals surface area contributed by atoms with E-state index >= 15 is 0 Å². The molecule has 0 heterocycles. The summed E-state index contributed by atoms with van der Waals surface area (Å²) in [5.41, 5.74) is 14.5. The average Bonchev–Trinajstić information content (AvgIpc) is 2.13. The molecule has 0 atom stereocenters. The summed E-state index contributed by atoms with van der Waals surface area (Å²) in [5.74, 6) is 0.0821. The predicted octanol–water partition coefficient (Wildman–Crippen LogP) is 1.42. The fourth-order valence-corrected chi connectivity index (χ4v) is 1.41. The van der Waals surface area contributed by atoms with E-state index in [9.17, 15) is 4.79 Å². The third-order valence-corrected chi connectivity index (χ3v) is 2.29. The number of nitrogen functional groups attached to an aromatic ring is 1. The molecule has 0 spiro atoms. The first kappa shape index (κ1) is 10.7. The predicted molar refractivity (Wildman–Crippen MR) is 58.3 cm³/mol. The molecule has 0 bridgehead atoms. The molecule has 76 valence electrons. The van der Waals surface area contributed by atoms with Gasteiger partial charge in [0.25, 0.3) is 0 Å². The summed E-state index contributed by atoms with van der Waals surface area (Å²) >= 11 is 0. The molecule has 0 amide bonds. The van der Waals surface area contributed by atoms with Gasteiger partial charge >= 0.3 is 0 Å². The second kappa shape index (κ2) is 4.24. The van der Waals surface area contributed by atoms with Gasteiger partial charge in [-0.1, -0.05) is 0 Å². The lowest BCUT2D eigenvalue weighted by Crippen LogP contribution is -2.09. The van der Waals surface area contributed by atoms with Crippen LogP contribution in [0.2, 0.25) is 0 Å². The van der Waals surface area contributed by atoms with Crippen LogP contribution in [0.25, 0.3) is 0 Å².